The van der Waals surface area contributed by atoms with E-state index in [1.165, 1.54) is 7.11 Å². The third-order valence-corrected chi connectivity index (χ3v) is 1.03. The van der Waals surface area contributed by atoms with Gasteiger partial charge in [0, 0.05) is 0 Å². The largest absolute Gasteiger partial charge is 0.469 e. The molecule has 0 saturated carbocycles. The Kier molecular flexibility index (Phi) is 1.66. The van der Waals surface area contributed by atoms with E-state index in [1.807, 2.05) is 0 Å². The zero-order valence-corrected chi connectivity index (χ0v) is 5.38. The summed E-state index contributed by atoms with van der Waals surface area (Å²) in [6, 6.07) is -0.404. The van der Waals surface area contributed by atoms with E-state index in [1.54, 1.807) is 0 Å². The quantitative estimate of drug-likeness (QED) is 0.537. The number of urea groups is 1. The molecule has 1 heterocycles. The number of ether oxygens (including phenoxy) is 1. The topological polar surface area (TPSA) is 67.8 Å². The van der Waals surface area contributed by atoms with E-state index in [0.29, 0.717) is 5.84 Å². The Morgan fingerprint density at radius 2 is 2.40 bits per heavy atom. The van der Waals surface area contributed by atoms with Crippen LogP contribution in [0.15, 0.2) is 4.99 Å². The molecule has 0 fully saturated rings. The highest BCUT2D eigenvalue weighted by Crippen LogP contribution is 1.96. The Balaban J connectivity index is 2.35. The molecule has 1 rings (SSSR count). The molecule has 1 aliphatic rings. The zero-order valence-electron chi connectivity index (χ0n) is 5.38. The lowest BCUT2D eigenvalue weighted by molar-refractivity contribution is -0.139. The van der Waals surface area contributed by atoms with Gasteiger partial charge in [-0.3, -0.25) is 10.1 Å². The fourth-order valence-corrected chi connectivity index (χ4v) is 0.542. The molecule has 2 amide bonds. The minimum atomic E-state index is -0.404. The van der Waals surface area contributed by atoms with Gasteiger partial charge in [0.15, 0.2) is 0 Å². The van der Waals surface area contributed by atoms with E-state index in [-0.39, 0.29) is 6.42 Å². The van der Waals surface area contributed by atoms with Gasteiger partial charge in [-0.1, -0.05) is 0 Å². The summed E-state index contributed by atoms with van der Waals surface area (Å²) < 4.78 is 4.32. The summed E-state index contributed by atoms with van der Waals surface area (Å²) in [5.74, 6) is -0.0319. The van der Waals surface area contributed by atoms with Crippen molar-refractivity contribution in [2.75, 3.05) is 7.11 Å². The fourth-order valence-electron chi connectivity index (χ4n) is 0.542. The first-order chi connectivity index (χ1) is 4.72. The van der Waals surface area contributed by atoms with Gasteiger partial charge in [-0.15, -0.1) is 0 Å². The van der Waals surface area contributed by atoms with Crippen LogP contribution in [0, 0.1) is 0 Å². The standard InChI is InChI=1S/C5H6N2O3/c1-10-4(8)2-3-6-5(9)7-3/h2H2,1H3,(H,6,7,9). The molecule has 0 aromatic carbocycles. The number of esters is 1. The van der Waals surface area contributed by atoms with Crippen LogP contribution in [-0.4, -0.2) is 24.9 Å². The Hall–Kier alpha value is -1.39. The second-order valence-electron chi connectivity index (χ2n) is 1.74. The molecule has 0 aromatic rings. The lowest BCUT2D eigenvalue weighted by Crippen LogP contribution is -2.40. The van der Waals surface area contributed by atoms with Crippen molar-refractivity contribution in [1.29, 1.82) is 0 Å². The van der Waals surface area contributed by atoms with E-state index in [0.717, 1.165) is 0 Å². The number of aliphatic imine (C=N–C) groups is 1. The second-order valence-corrected chi connectivity index (χ2v) is 1.74. The lowest BCUT2D eigenvalue weighted by atomic mass is 10.3. The van der Waals surface area contributed by atoms with E-state index in [2.05, 4.69) is 15.0 Å². The average Bonchev–Trinajstić information content (AvgIpc) is 1.84. The van der Waals surface area contributed by atoms with Gasteiger partial charge in [-0.2, -0.15) is 4.99 Å². The van der Waals surface area contributed by atoms with Gasteiger partial charge in [0.1, 0.15) is 12.3 Å². The molecule has 1 N–H and O–H groups in total. The molecular formula is C5H6N2O3. The molecular weight excluding hydrogens is 136 g/mol. The van der Waals surface area contributed by atoms with Crippen LogP contribution in [0.1, 0.15) is 6.42 Å². The van der Waals surface area contributed by atoms with Crippen LogP contribution in [0.3, 0.4) is 0 Å². The van der Waals surface area contributed by atoms with Crippen molar-refractivity contribution in [3.05, 3.63) is 0 Å². The smallest absolute Gasteiger partial charge is 0.348 e. The summed E-state index contributed by atoms with van der Waals surface area (Å²) in [5.41, 5.74) is 0. The molecule has 10 heavy (non-hydrogen) atoms. The number of amidine groups is 1. The maximum Gasteiger partial charge on any atom is 0.348 e. The van der Waals surface area contributed by atoms with Crippen molar-refractivity contribution in [2.24, 2.45) is 4.99 Å². The number of nitrogens with zero attached hydrogens (tertiary/aromatic N) is 1. The summed E-state index contributed by atoms with van der Waals surface area (Å²) in [6.07, 6.45) is 0.0439. The van der Waals surface area contributed by atoms with Crippen LogP contribution in [-0.2, 0) is 9.53 Å². The van der Waals surface area contributed by atoms with Gasteiger partial charge >= 0.3 is 12.0 Å². The van der Waals surface area contributed by atoms with Gasteiger partial charge < -0.3 is 4.74 Å². The van der Waals surface area contributed by atoms with Crippen LogP contribution in [0.4, 0.5) is 4.79 Å². The number of carbonyl (C=O) groups is 2. The Morgan fingerprint density at radius 1 is 1.80 bits per heavy atom. The number of carbonyl (C=O) groups excluding carboxylic acids is 2. The molecule has 0 unspecified atom stereocenters. The van der Waals surface area contributed by atoms with Crippen molar-refractivity contribution >= 4 is 17.8 Å². The molecule has 5 nitrogen and oxygen atoms in total. The van der Waals surface area contributed by atoms with E-state index >= 15 is 0 Å². The molecule has 0 aliphatic carbocycles. The van der Waals surface area contributed by atoms with Crippen LogP contribution < -0.4 is 5.32 Å². The number of hydrogen-bond donors (Lipinski definition) is 1. The van der Waals surface area contributed by atoms with Gasteiger partial charge in [0.2, 0.25) is 0 Å². The van der Waals surface area contributed by atoms with Crippen molar-refractivity contribution in [3.8, 4) is 0 Å². The average molecular weight is 142 g/mol. The van der Waals surface area contributed by atoms with Crippen LogP contribution >= 0.6 is 0 Å². The van der Waals surface area contributed by atoms with E-state index in [9.17, 15) is 9.59 Å². The van der Waals surface area contributed by atoms with Gasteiger partial charge in [-0.25, -0.2) is 4.79 Å². The number of methoxy groups -OCH3 is 1. The molecule has 0 atom stereocenters. The highest BCUT2D eigenvalue weighted by molar-refractivity contribution is 6.16. The van der Waals surface area contributed by atoms with Crippen LogP contribution in [0.2, 0.25) is 0 Å². The monoisotopic (exact) mass is 142 g/mol. The van der Waals surface area contributed by atoms with Crippen LogP contribution in [0.25, 0.3) is 0 Å². The first-order valence-electron chi connectivity index (χ1n) is 2.67. The van der Waals surface area contributed by atoms with Gasteiger partial charge in [0.25, 0.3) is 0 Å². The molecule has 0 aromatic heterocycles. The first-order valence-corrected chi connectivity index (χ1v) is 2.67. The highest BCUT2D eigenvalue weighted by atomic mass is 16.5. The van der Waals surface area contributed by atoms with E-state index < -0.39 is 12.0 Å². The maximum atomic E-state index is 10.5. The minimum Gasteiger partial charge on any atom is -0.469 e. The molecule has 0 saturated heterocycles. The summed E-state index contributed by atoms with van der Waals surface area (Å²) in [6.45, 7) is 0. The molecule has 0 radical (unpaired) electrons. The zero-order chi connectivity index (χ0) is 7.56. The Bertz CT molecular complexity index is 209. The van der Waals surface area contributed by atoms with Crippen LogP contribution in [0.5, 0.6) is 0 Å². The Morgan fingerprint density at radius 3 is 2.80 bits per heavy atom. The summed E-state index contributed by atoms with van der Waals surface area (Å²) >= 11 is 0. The van der Waals surface area contributed by atoms with Crippen molar-refractivity contribution < 1.29 is 14.3 Å². The number of hydrogen-bond acceptors (Lipinski definition) is 3. The SMILES string of the molecule is COC(=O)CC1=NC(=O)N1. The fraction of sp³-hybridized carbons (Fsp3) is 0.400. The van der Waals surface area contributed by atoms with Gasteiger partial charge in [-0.05, 0) is 0 Å². The Labute approximate surface area is 57.1 Å². The summed E-state index contributed by atoms with van der Waals surface area (Å²) in [4.78, 5) is 24.0. The predicted molar refractivity (Wildman–Crippen MR) is 32.6 cm³/mol. The molecule has 0 spiro atoms. The second kappa shape index (κ2) is 2.47. The first kappa shape index (κ1) is 6.73. The molecule has 54 valence electrons. The van der Waals surface area contributed by atoms with Crippen molar-refractivity contribution in [1.82, 2.24) is 5.32 Å². The van der Waals surface area contributed by atoms with E-state index in [4.69, 9.17) is 0 Å². The van der Waals surface area contributed by atoms with Crippen molar-refractivity contribution in [2.45, 2.75) is 6.42 Å². The minimum absolute atomic E-state index is 0.0439. The third kappa shape index (κ3) is 1.31. The molecule has 0 bridgehead atoms. The van der Waals surface area contributed by atoms with Gasteiger partial charge in [0.05, 0.1) is 7.11 Å². The summed E-state index contributed by atoms with van der Waals surface area (Å²) in [5, 5.41) is 2.32. The van der Waals surface area contributed by atoms with Crippen molar-refractivity contribution in [3.63, 3.8) is 0 Å². The predicted octanol–water partition coefficient (Wildman–Crippen LogP) is -0.329. The molecule has 1 aliphatic heterocycles. The summed E-state index contributed by atoms with van der Waals surface area (Å²) in [7, 11) is 1.28. The number of rotatable bonds is 2. The highest BCUT2D eigenvalue weighted by Gasteiger charge is 2.18. The number of nitrogens with one attached hydrogen (secondary N) is 1. The normalized spacial score (nSPS) is 14.9. The number of amides is 2. The third-order valence-electron chi connectivity index (χ3n) is 1.03. The lowest BCUT2D eigenvalue weighted by Gasteiger charge is -2.11. The maximum absolute atomic E-state index is 10.5. The molecule has 5 heteroatoms.